The van der Waals surface area contributed by atoms with Crippen LogP contribution < -0.4 is 0 Å². The summed E-state index contributed by atoms with van der Waals surface area (Å²) < 4.78 is 0.916. The molecule has 13 heavy (non-hydrogen) atoms. The summed E-state index contributed by atoms with van der Waals surface area (Å²) in [6, 6.07) is 4.16. The standard InChI is InChI=1S/C10H12BrClS/c11-7-10(4-1-5-10)6-8-2-3-9(12)13-8/h2-3H,1,4-7H2. The van der Waals surface area contributed by atoms with Crippen LogP contribution >= 0.6 is 38.9 Å². The van der Waals surface area contributed by atoms with Gasteiger partial charge in [-0.3, -0.25) is 0 Å². The van der Waals surface area contributed by atoms with E-state index in [0.29, 0.717) is 5.41 Å². The molecule has 1 aromatic heterocycles. The van der Waals surface area contributed by atoms with E-state index in [9.17, 15) is 0 Å². The molecular weight excluding hydrogens is 268 g/mol. The van der Waals surface area contributed by atoms with Gasteiger partial charge in [-0.25, -0.2) is 0 Å². The molecule has 72 valence electrons. The topological polar surface area (TPSA) is 0 Å². The molecule has 1 aromatic rings. The summed E-state index contributed by atoms with van der Waals surface area (Å²) >= 11 is 11.2. The SMILES string of the molecule is Clc1ccc(CC2(CBr)CCC2)s1. The second-order valence-corrected chi connectivity index (χ2v) is 6.23. The summed E-state index contributed by atoms with van der Waals surface area (Å²) in [7, 11) is 0. The Balaban J connectivity index is 2.04. The molecule has 0 radical (unpaired) electrons. The van der Waals surface area contributed by atoms with E-state index in [-0.39, 0.29) is 0 Å². The zero-order valence-corrected chi connectivity index (χ0v) is 10.5. The largest absolute Gasteiger partial charge is 0.128 e. The van der Waals surface area contributed by atoms with Crippen molar-refractivity contribution in [1.29, 1.82) is 0 Å². The Hall–Kier alpha value is 0.470. The second-order valence-electron chi connectivity index (χ2n) is 3.87. The Labute approximate surface area is 96.4 Å². The molecule has 0 N–H and O–H groups in total. The van der Waals surface area contributed by atoms with E-state index in [1.165, 1.54) is 30.6 Å². The van der Waals surface area contributed by atoms with Gasteiger partial charge in [-0.15, -0.1) is 11.3 Å². The molecule has 1 aliphatic carbocycles. The number of hydrogen-bond donors (Lipinski definition) is 0. The molecule has 0 aromatic carbocycles. The highest BCUT2D eigenvalue weighted by Gasteiger charge is 2.36. The van der Waals surface area contributed by atoms with E-state index < -0.39 is 0 Å². The molecule has 0 spiro atoms. The zero-order valence-electron chi connectivity index (χ0n) is 7.35. The number of halogens is 2. The lowest BCUT2D eigenvalue weighted by Gasteiger charge is -2.40. The van der Waals surface area contributed by atoms with Crippen LogP contribution in [0.25, 0.3) is 0 Å². The number of rotatable bonds is 3. The molecule has 1 saturated carbocycles. The highest BCUT2D eigenvalue weighted by molar-refractivity contribution is 9.09. The third-order valence-electron chi connectivity index (χ3n) is 2.88. The highest BCUT2D eigenvalue weighted by atomic mass is 79.9. The maximum absolute atomic E-state index is 5.90. The van der Waals surface area contributed by atoms with Gasteiger partial charge in [0.25, 0.3) is 0 Å². The fourth-order valence-electron chi connectivity index (χ4n) is 1.85. The van der Waals surface area contributed by atoms with Gasteiger partial charge < -0.3 is 0 Å². The average Bonchev–Trinajstić information content (AvgIpc) is 2.44. The normalized spacial score (nSPS) is 19.8. The summed E-state index contributed by atoms with van der Waals surface area (Å²) in [5, 5.41) is 1.13. The van der Waals surface area contributed by atoms with E-state index in [4.69, 9.17) is 11.6 Å². The van der Waals surface area contributed by atoms with Crippen molar-refractivity contribution in [2.45, 2.75) is 25.7 Å². The predicted octanol–water partition coefficient (Wildman–Crippen LogP) is 4.51. The fraction of sp³-hybridized carbons (Fsp3) is 0.600. The lowest BCUT2D eigenvalue weighted by molar-refractivity contribution is 0.171. The van der Waals surface area contributed by atoms with Gasteiger partial charge in [-0.1, -0.05) is 34.0 Å². The lowest BCUT2D eigenvalue weighted by Crippen LogP contribution is -2.33. The molecule has 0 saturated heterocycles. The molecule has 0 unspecified atom stereocenters. The molecule has 1 fully saturated rings. The Morgan fingerprint density at radius 1 is 1.46 bits per heavy atom. The number of alkyl halides is 1. The second kappa shape index (κ2) is 3.92. The zero-order chi connectivity index (χ0) is 9.31. The van der Waals surface area contributed by atoms with Crippen LogP contribution in [-0.2, 0) is 6.42 Å². The summed E-state index contributed by atoms with van der Waals surface area (Å²) in [5.74, 6) is 0. The van der Waals surface area contributed by atoms with E-state index in [1.54, 1.807) is 11.3 Å². The van der Waals surface area contributed by atoms with Crippen LogP contribution in [0.5, 0.6) is 0 Å². The minimum absolute atomic E-state index is 0.550. The Bertz CT molecular complexity index is 285. The van der Waals surface area contributed by atoms with Crippen LogP contribution in [-0.4, -0.2) is 5.33 Å². The van der Waals surface area contributed by atoms with Crippen molar-refractivity contribution in [3.63, 3.8) is 0 Å². The molecule has 0 nitrogen and oxygen atoms in total. The highest BCUT2D eigenvalue weighted by Crippen LogP contribution is 2.46. The van der Waals surface area contributed by atoms with E-state index >= 15 is 0 Å². The molecular formula is C10H12BrClS. The summed E-state index contributed by atoms with van der Waals surface area (Å²) in [4.78, 5) is 1.43. The van der Waals surface area contributed by atoms with E-state index in [2.05, 4.69) is 22.0 Å². The van der Waals surface area contributed by atoms with Gasteiger partial charge in [-0.2, -0.15) is 0 Å². The molecule has 3 heteroatoms. The maximum atomic E-state index is 5.90. The van der Waals surface area contributed by atoms with Crippen LogP contribution in [0.15, 0.2) is 12.1 Å². The first-order chi connectivity index (χ1) is 6.24. The smallest absolute Gasteiger partial charge is 0.0931 e. The predicted molar refractivity (Wildman–Crippen MR) is 63.1 cm³/mol. The van der Waals surface area contributed by atoms with Gasteiger partial charge in [0.2, 0.25) is 0 Å². The quantitative estimate of drug-likeness (QED) is 0.714. The molecule has 0 bridgehead atoms. The van der Waals surface area contributed by atoms with E-state index in [1.807, 2.05) is 6.07 Å². The molecule has 2 rings (SSSR count). The van der Waals surface area contributed by atoms with Crippen LogP contribution in [0.3, 0.4) is 0 Å². The Morgan fingerprint density at radius 3 is 2.62 bits per heavy atom. The Kier molecular flexibility index (Phi) is 3.01. The van der Waals surface area contributed by atoms with Crippen LogP contribution in [0.1, 0.15) is 24.1 Å². The van der Waals surface area contributed by atoms with Gasteiger partial charge in [0, 0.05) is 10.2 Å². The van der Waals surface area contributed by atoms with Crippen molar-refractivity contribution in [3.05, 3.63) is 21.3 Å². The number of thiophene rings is 1. The van der Waals surface area contributed by atoms with Gasteiger partial charge in [0.15, 0.2) is 0 Å². The van der Waals surface area contributed by atoms with Crippen molar-refractivity contribution in [2.75, 3.05) is 5.33 Å². The first-order valence-electron chi connectivity index (χ1n) is 4.54. The summed E-state index contributed by atoms with van der Waals surface area (Å²) in [5.41, 5.74) is 0.550. The monoisotopic (exact) mass is 278 g/mol. The average molecular weight is 280 g/mol. The molecule has 1 aliphatic rings. The minimum atomic E-state index is 0.550. The fourth-order valence-corrected chi connectivity index (χ4v) is 3.87. The molecule has 0 amide bonds. The van der Waals surface area contributed by atoms with Gasteiger partial charge >= 0.3 is 0 Å². The van der Waals surface area contributed by atoms with Crippen molar-refractivity contribution in [2.24, 2.45) is 5.41 Å². The van der Waals surface area contributed by atoms with Crippen molar-refractivity contribution < 1.29 is 0 Å². The first-order valence-corrected chi connectivity index (χ1v) is 6.86. The van der Waals surface area contributed by atoms with Gasteiger partial charge in [-0.05, 0) is 36.8 Å². The Morgan fingerprint density at radius 2 is 2.23 bits per heavy atom. The number of hydrogen-bond acceptors (Lipinski definition) is 1. The van der Waals surface area contributed by atoms with Crippen molar-refractivity contribution in [3.8, 4) is 0 Å². The third-order valence-corrected chi connectivity index (χ3v) is 5.30. The third kappa shape index (κ3) is 2.11. The maximum Gasteiger partial charge on any atom is 0.0931 e. The van der Waals surface area contributed by atoms with Crippen LogP contribution in [0, 0.1) is 5.41 Å². The molecule has 0 aliphatic heterocycles. The van der Waals surface area contributed by atoms with Crippen LogP contribution in [0.4, 0.5) is 0 Å². The van der Waals surface area contributed by atoms with Crippen molar-refractivity contribution >= 4 is 38.9 Å². The molecule has 0 atom stereocenters. The first kappa shape index (κ1) is 10.0. The van der Waals surface area contributed by atoms with E-state index in [0.717, 1.165) is 9.67 Å². The van der Waals surface area contributed by atoms with Gasteiger partial charge in [0.05, 0.1) is 4.34 Å². The summed E-state index contributed by atoms with van der Waals surface area (Å²) in [6.45, 7) is 0. The lowest BCUT2D eigenvalue weighted by atomic mass is 9.68. The van der Waals surface area contributed by atoms with Crippen LogP contribution in [0.2, 0.25) is 4.34 Å². The summed E-state index contributed by atoms with van der Waals surface area (Å²) in [6.07, 6.45) is 5.34. The minimum Gasteiger partial charge on any atom is -0.128 e. The molecule has 1 heterocycles. The van der Waals surface area contributed by atoms with Gasteiger partial charge in [0.1, 0.15) is 0 Å². The van der Waals surface area contributed by atoms with Crippen molar-refractivity contribution in [1.82, 2.24) is 0 Å².